The van der Waals surface area contributed by atoms with Gasteiger partial charge >= 0.3 is 0 Å². The van der Waals surface area contributed by atoms with Gasteiger partial charge in [0.15, 0.2) is 0 Å². The van der Waals surface area contributed by atoms with Gasteiger partial charge in [0.25, 0.3) is 0 Å². The molecule has 1 aromatic carbocycles. The van der Waals surface area contributed by atoms with Crippen molar-refractivity contribution in [2.24, 2.45) is 7.05 Å². The Balaban J connectivity index is 2.17. The van der Waals surface area contributed by atoms with Crippen LogP contribution in [0, 0.1) is 11.3 Å². The van der Waals surface area contributed by atoms with Crippen molar-refractivity contribution in [1.29, 1.82) is 5.26 Å². The van der Waals surface area contributed by atoms with Gasteiger partial charge in [0.05, 0.1) is 16.9 Å². The monoisotopic (exact) mass is 318 g/mol. The molecule has 0 saturated heterocycles. The number of nitriles is 1. The molecule has 0 aliphatic rings. The number of hydrogen-bond donors (Lipinski definition) is 1. The molecular formula is C14H15BrN4. The average Bonchev–Trinajstić information content (AvgIpc) is 2.77. The highest BCUT2D eigenvalue weighted by Crippen LogP contribution is 2.21. The van der Waals surface area contributed by atoms with E-state index in [1.165, 1.54) is 0 Å². The minimum absolute atomic E-state index is 0.635. The lowest BCUT2D eigenvalue weighted by Gasteiger charge is -2.08. The van der Waals surface area contributed by atoms with E-state index in [0.29, 0.717) is 12.1 Å². The number of hydrogen-bond acceptors (Lipinski definition) is 3. The fourth-order valence-corrected chi connectivity index (χ4v) is 2.34. The molecule has 5 heteroatoms. The molecular weight excluding hydrogens is 304 g/mol. The molecule has 1 heterocycles. The van der Waals surface area contributed by atoms with Crippen molar-refractivity contribution in [1.82, 2.24) is 9.78 Å². The number of nitrogens with zero attached hydrogens (tertiary/aromatic N) is 3. The molecule has 4 nitrogen and oxygen atoms in total. The number of benzene rings is 1. The molecule has 2 aromatic rings. The summed E-state index contributed by atoms with van der Waals surface area (Å²) in [5, 5.41) is 16.8. The molecule has 0 atom stereocenters. The zero-order chi connectivity index (χ0) is 13.8. The van der Waals surface area contributed by atoms with Crippen LogP contribution in [0.2, 0.25) is 0 Å². The lowest BCUT2D eigenvalue weighted by Crippen LogP contribution is -2.02. The van der Waals surface area contributed by atoms with Gasteiger partial charge in [-0.2, -0.15) is 10.4 Å². The molecule has 2 rings (SSSR count). The van der Waals surface area contributed by atoms with Gasteiger partial charge in [-0.15, -0.1) is 0 Å². The largest absolute Gasteiger partial charge is 0.380 e. The SMILES string of the molecule is CCc1nn(C)cc1CNc1ccc(Br)cc1C#N. The van der Waals surface area contributed by atoms with Crippen molar-refractivity contribution < 1.29 is 0 Å². The maximum Gasteiger partial charge on any atom is 0.101 e. The van der Waals surface area contributed by atoms with Crippen LogP contribution in [-0.4, -0.2) is 9.78 Å². The smallest absolute Gasteiger partial charge is 0.101 e. The molecule has 0 saturated carbocycles. The number of aromatic nitrogens is 2. The lowest BCUT2D eigenvalue weighted by atomic mass is 10.1. The highest BCUT2D eigenvalue weighted by atomic mass is 79.9. The lowest BCUT2D eigenvalue weighted by molar-refractivity contribution is 0.746. The molecule has 0 unspecified atom stereocenters. The number of aryl methyl sites for hydroxylation is 2. The Hall–Kier alpha value is -1.80. The Kier molecular flexibility index (Phi) is 4.23. The molecule has 0 fully saturated rings. The molecule has 0 spiro atoms. The van der Waals surface area contributed by atoms with Crippen LogP contribution in [0.4, 0.5) is 5.69 Å². The summed E-state index contributed by atoms with van der Waals surface area (Å²) in [5.74, 6) is 0. The third-order valence-electron chi connectivity index (χ3n) is 2.90. The number of anilines is 1. The van der Waals surface area contributed by atoms with Crippen LogP contribution in [0.5, 0.6) is 0 Å². The zero-order valence-electron chi connectivity index (χ0n) is 10.9. The van der Waals surface area contributed by atoms with E-state index in [1.807, 2.05) is 36.1 Å². The highest BCUT2D eigenvalue weighted by molar-refractivity contribution is 9.10. The van der Waals surface area contributed by atoms with Crippen molar-refractivity contribution in [2.75, 3.05) is 5.32 Å². The Labute approximate surface area is 121 Å². The average molecular weight is 319 g/mol. The second kappa shape index (κ2) is 5.89. The normalized spacial score (nSPS) is 10.2. The van der Waals surface area contributed by atoms with Crippen LogP contribution < -0.4 is 5.32 Å². The van der Waals surface area contributed by atoms with Crippen LogP contribution in [0.25, 0.3) is 0 Å². The standard InChI is InChI=1S/C14H15BrN4/c1-3-13-11(9-19(2)18-13)8-17-14-5-4-12(15)6-10(14)7-16/h4-6,9,17H,3,8H2,1-2H3. The Morgan fingerprint density at radius 1 is 1.47 bits per heavy atom. The molecule has 98 valence electrons. The van der Waals surface area contributed by atoms with Crippen molar-refractivity contribution in [3.63, 3.8) is 0 Å². The maximum absolute atomic E-state index is 9.12. The van der Waals surface area contributed by atoms with E-state index in [1.54, 1.807) is 0 Å². The second-order valence-corrected chi connectivity index (χ2v) is 5.20. The van der Waals surface area contributed by atoms with E-state index in [2.05, 4.69) is 39.3 Å². The molecule has 1 aromatic heterocycles. The topological polar surface area (TPSA) is 53.6 Å². The van der Waals surface area contributed by atoms with E-state index in [9.17, 15) is 0 Å². The summed E-state index contributed by atoms with van der Waals surface area (Å²) in [7, 11) is 1.92. The summed E-state index contributed by atoms with van der Waals surface area (Å²) in [4.78, 5) is 0. The third kappa shape index (κ3) is 3.15. The van der Waals surface area contributed by atoms with Crippen molar-refractivity contribution in [2.45, 2.75) is 19.9 Å². The van der Waals surface area contributed by atoms with Gasteiger partial charge in [-0.3, -0.25) is 4.68 Å². The number of halogens is 1. The minimum atomic E-state index is 0.635. The summed E-state index contributed by atoms with van der Waals surface area (Å²) < 4.78 is 2.73. The Morgan fingerprint density at radius 2 is 2.26 bits per heavy atom. The molecule has 0 bridgehead atoms. The minimum Gasteiger partial charge on any atom is -0.380 e. The van der Waals surface area contributed by atoms with E-state index in [0.717, 1.165) is 27.8 Å². The first kappa shape index (κ1) is 13.6. The van der Waals surface area contributed by atoms with Crippen LogP contribution in [0.3, 0.4) is 0 Å². The fraction of sp³-hybridized carbons (Fsp3) is 0.286. The first-order chi connectivity index (χ1) is 9.13. The summed E-state index contributed by atoms with van der Waals surface area (Å²) in [6.07, 6.45) is 2.92. The number of rotatable bonds is 4. The second-order valence-electron chi connectivity index (χ2n) is 4.28. The van der Waals surface area contributed by atoms with Crippen molar-refractivity contribution in [3.05, 3.63) is 45.7 Å². The first-order valence-corrected chi connectivity index (χ1v) is 6.88. The van der Waals surface area contributed by atoms with Gasteiger partial charge in [0, 0.05) is 29.8 Å². The van der Waals surface area contributed by atoms with Crippen molar-refractivity contribution >= 4 is 21.6 Å². The Bertz CT molecular complexity index is 625. The summed E-state index contributed by atoms with van der Waals surface area (Å²) in [5.41, 5.74) is 3.73. The van der Waals surface area contributed by atoms with Crippen LogP contribution in [0.15, 0.2) is 28.9 Å². The van der Waals surface area contributed by atoms with Gasteiger partial charge in [0.1, 0.15) is 6.07 Å². The predicted molar refractivity (Wildman–Crippen MR) is 78.8 cm³/mol. The van der Waals surface area contributed by atoms with Gasteiger partial charge in [-0.05, 0) is 24.6 Å². The predicted octanol–water partition coefficient (Wildman–Crippen LogP) is 3.23. The van der Waals surface area contributed by atoms with Crippen LogP contribution in [0.1, 0.15) is 23.7 Å². The molecule has 1 N–H and O–H groups in total. The van der Waals surface area contributed by atoms with Crippen molar-refractivity contribution in [3.8, 4) is 6.07 Å². The molecule has 19 heavy (non-hydrogen) atoms. The van der Waals surface area contributed by atoms with Crippen LogP contribution in [-0.2, 0) is 20.0 Å². The fourth-order valence-electron chi connectivity index (χ4n) is 1.98. The first-order valence-electron chi connectivity index (χ1n) is 6.09. The Morgan fingerprint density at radius 3 is 2.95 bits per heavy atom. The van der Waals surface area contributed by atoms with Gasteiger partial charge in [-0.25, -0.2) is 0 Å². The van der Waals surface area contributed by atoms with E-state index < -0.39 is 0 Å². The molecule has 0 amide bonds. The zero-order valence-corrected chi connectivity index (χ0v) is 12.5. The molecule has 0 aliphatic carbocycles. The van der Waals surface area contributed by atoms with Gasteiger partial charge in [-0.1, -0.05) is 22.9 Å². The summed E-state index contributed by atoms with van der Waals surface area (Å²) in [6, 6.07) is 7.84. The third-order valence-corrected chi connectivity index (χ3v) is 3.39. The van der Waals surface area contributed by atoms with Crippen LogP contribution >= 0.6 is 15.9 Å². The van der Waals surface area contributed by atoms with Gasteiger partial charge in [0.2, 0.25) is 0 Å². The summed E-state index contributed by atoms with van der Waals surface area (Å²) >= 11 is 3.37. The number of nitrogens with one attached hydrogen (secondary N) is 1. The maximum atomic E-state index is 9.12. The molecule has 0 radical (unpaired) electrons. The van der Waals surface area contributed by atoms with Gasteiger partial charge < -0.3 is 5.32 Å². The highest BCUT2D eigenvalue weighted by Gasteiger charge is 2.07. The summed E-state index contributed by atoms with van der Waals surface area (Å²) in [6.45, 7) is 2.76. The molecule has 0 aliphatic heterocycles. The van der Waals surface area contributed by atoms with E-state index in [-0.39, 0.29) is 0 Å². The van der Waals surface area contributed by atoms with E-state index >= 15 is 0 Å². The quantitative estimate of drug-likeness (QED) is 0.941. The van der Waals surface area contributed by atoms with E-state index in [4.69, 9.17) is 5.26 Å².